The highest BCUT2D eigenvalue weighted by Crippen LogP contribution is 2.46. The number of nitrogens with one attached hydrogen (secondary N) is 1. The van der Waals surface area contributed by atoms with Gasteiger partial charge in [0.1, 0.15) is 5.75 Å². The molecule has 3 rings (SSSR count). The summed E-state index contributed by atoms with van der Waals surface area (Å²) in [4.78, 5) is 25.3. The third kappa shape index (κ3) is 2.10. The van der Waals surface area contributed by atoms with E-state index in [0.29, 0.717) is 0 Å². The lowest BCUT2D eigenvalue weighted by Crippen LogP contribution is -2.56. The molecule has 0 aromatic heterocycles. The largest absolute Gasteiger partial charge is 0.471 e. The Balaban J connectivity index is 2.13. The van der Waals surface area contributed by atoms with Gasteiger partial charge in [-0.25, -0.2) is 4.79 Å². The first-order valence-electron chi connectivity index (χ1n) is 7.36. The zero-order valence-electron chi connectivity index (χ0n) is 13.6. The minimum absolute atomic E-state index is 0.103. The average molecular weight is 304 g/mol. The summed E-state index contributed by atoms with van der Waals surface area (Å²) in [6, 6.07) is 7.24. The molecule has 22 heavy (non-hydrogen) atoms. The lowest BCUT2D eigenvalue weighted by molar-refractivity contribution is -0.793. The van der Waals surface area contributed by atoms with Gasteiger partial charge in [-0.2, -0.15) is 5.01 Å². The lowest BCUT2D eigenvalue weighted by atomic mass is 9.89. The highest BCUT2D eigenvalue weighted by atomic mass is 16.5. The van der Waals surface area contributed by atoms with Crippen LogP contribution in [-0.4, -0.2) is 48.2 Å². The fraction of sp³-hybridized carbons (Fsp3) is 0.500. The van der Waals surface area contributed by atoms with Crippen LogP contribution in [0.4, 0.5) is 0 Å². The van der Waals surface area contributed by atoms with Crippen LogP contribution in [0.2, 0.25) is 0 Å². The minimum Gasteiger partial charge on any atom is -0.471 e. The van der Waals surface area contributed by atoms with Crippen molar-refractivity contribution in [2.45, 2.75) is 25.6 Å². The summed E-state index contributed by atoms with van der Waals surface area (Å²) >= 11 is 0. The predicted octanol–water partition coefficient (Wildman–Crippen LogP) is 1.05. The highest BCUT2D eigenvalue weighted by molar-refractivity contribution is 6.00. The van der Waals surface area contributed by atoms with Crippen LogP contribution in [0.5, 0.6) is 5.75 Å². The normalized spacial score (nSPS) is 26.7. The minimum atomic E-state index is -0.746. The number of fused-ring (bicyclic) bond motifs is 3. The van der Waals surface area contributed by atoms with E-state index >= 15 is 0 Å². The molecule has 1 aromatic rings. The molecule has 0 spiro atoms. The van der Waals surface area contributed by atoms with Crippen molar-refractivity contribution in [3.8, 4) is 5.75 Å². The number of carbonyl (C=O) groups is 2. The molecule has 0 bridgehead atoms. The number of carbonyl (C=O) groups excluding carboxylic acids is 2. The summed E-state index contributed by atoms with van der Waals surface area (Å²) in [6.07, 6.45) is 0. The van der Waals surface area contributed by atoms with E-state index < -0.39 is 11.6 Å². The van der Waals surface area contributed by atoms with Gasteiger partial charge in [0.05, 0.1) is 27.2 Å². The van der Waals surface area contributed by atoms with Crippen molar-refractivity contribution >= 4 is 11.8 Å². The first-order chi connectivity index (χ1) is 10.1. The molecule has 1 fully saturated rings. The van der Waals surface area contributed by atoms with Crippen LogP contribution in [0, 0.1) is 5.92 Å². The Hall–Kier alpha value is -1.92. The summed E-state index contributed by atoms with van der Waals surface area (Å²) in [5.41, 5.74) is 2.98. The van der Waals surface area contributed by atoms with Crippen LogP contribution in [0.25, 0.3) is 0 Å². The van der Waals surface area contributed by atoms with Gasteiger partial charge in [0.2, 0.25) is 0 Å². The Bertz CT molecular complexity index is 648. The van der Waals surface area contributed by atoms with Crippen molar-refractivity contribution in [2.75, 3.05) is 21.1 Å². The van der Waals surface area contributed by atoms with Gasteiger partial charge in [-0.05, 0) is 19.9 Å². The molecule has 2 atom stereocenters. The topological polar surface area (TPSA) is 58.6 Å². The Morgan fingerprint density at radius 2 is 1.91 bits per heavy atom. The Morgan fingerprint density at radius 1 is 1.27 bits per heavy atom. The summed E-state index contributed by atoms with van der Waals surface area (Å²) in [5.74, 6) is -0.400. The van der Waals surface area contributed by atoms with E-state index in [-0.39, 0.29) is 22.3 Å². The molecule has 0 saturated carbocycles. The number of amides is 2. The predicted molar refractivity (Wildman–Crippen MR) is 80.4 cm³/mol. The van der Waals surface area contributed by atoms with E-state index in [1.165, 1.54) is 0 Å². The maximum atomic E-state index is 12.8. The van der Waals surface area contributed by atoms with Crippen molar-refractivity contribution in [3.63, 3.8) is 0 Å². The number of rotatable bonds is 1. The van der Waals surface area contributed by atoms with Gasteiger partial charge in [-0.1, -0.05) is 18.2 Å². The van der Waals surface area contributed by atoms with Crippen LogP contribution >= 0.6 is 0 Å². The van der Waals surface area contributed by atoms with Gasteiger partial charge in [-0.3, -0.25) is 14.7 Å². The molecule has 2 amide bonds. The number of hydrogen-bond acceptors (Lipinski definition) is 4. The molecule has 6 nitrogen and oxygen atoms in total. The molecule has 1 saturated heterocycles. The maximum absolute atomic E-state index is 12.8. The smallest absolute Gasteiger partial charge is 0.327 e. The Labute approximate surface area is 130 Å². The van der Waals surface area contributed by atoms with Gasteiger partial charge in [-0.15, -0.1) is 0 Å². The van der Waals surface area contributed by atoms with Crippen molar-refractivity contribution in [3.05, 3.63) is 29.8 Å². The van der Waals surface area contributed by atoms with Gasteiger partial charge in [0.15, 0.2) is 11.6 Å². The van der Waals surface area contributed by atoms with E-state index in [9.17, 15) is 9.59 Å². The van der Waals surface area contributed by atoms with Crippen LogP contribution in [0.15, 0.2) is 24.3 Å². The molecular weight excluding hydrogens is 282 g/mol. The van der Waals surface area contributed by atoms with Crippen LogP contribution < -0.4 is 10.2 Å². The molecule has 2 aliphatic rings. The number of para-hydroxylation sites is 1. The molecule has 2 aliphatic heterocycles. The van der Waals surface area contributed by atoms with Crippen molar-refractivity contribution < 1.29 is 18.8 Å². The first-order valence-corrected chi connectivity index (χ1v) is 7.36. The van der Waals surface area contributed by atoms with E-state index in [1.54, 1.807) is 26.2 Å². The van der Waals surface area contributed by atoms with Gasteiger partial charge < -0.3 is 4.74 Å². The van der Waals surface area contributed by atoms with Gasteiger partial charge in [0.25, 0.3) is 5.91 Å². The second-order valence-electron chi connectivity index (χ2n) is 7.21. The monoisotopic (exact) mass is 304 g/mol. The number of nitrogens with zero attached hydrogens (tertiary/aromatic N) is 2. The van der Waals surface area contributed by atoms with E-state index in [0.717, 1.165) is 11.3 Å². The van der Waals surface area contributed by atoms with E-state index in [4.69, 9.17) is 4.74 Å². The second-order valence-corrected chi connectivity index (χ2v) is 7.21. The summed E-state index contributed by atoms with van der Waals surface area (Å²) < 4.78 is 6.09. The zero-order valence-corrected chi connectivity index (χ0v) is 13.6. The van der Waals surface area contributed by atoms with Crippen LogP contribution in [0.3, 0.4) is 0 Å². The molecule has 2 heterocycles. The Morgan fingerprint density at radius 3 is 2.55 bits per heavy atom. The highest BCUT2D eigenvalue weighted by Gasteiger charge is 2.57. The third-order valence-corrected chi connectivity index (χ3v) is 4.21. The molecule has 6 heteroatoms. The first kappa shape index (κ1) is 15.0. The molecule has 1 N–H and O–H groups in total. The van der Waals surface area contributed by atoms with Crippen molar-refractivity contribution in [2.24, 2.45) is 5.92 Å². The third-order valence-electron chi connectivity index (χ3n) is 4.21. The van der Waals surface area contributed by atoms with Crippen molar-refractivity contribution in [1.82, 2.24) is 10.4 Å². The fourth-order valence-corrected chi connectivity index (χ4v) is 3.14. The van der Waals surface area contributed by atoms with Crippen LogP contribution in [-0.2, 0) is 9.59 Å². The van der Waals surface area contributed by atoms with E-state index in [2.05, 4.69) is 5.43 Å². The van der Waals surface area contributed by atoms with Crippen LogP contribution in [0.1, 0.15) is 25.5 Å². The molecular formula is C16H22N3O3+. The van der Waals surface area contributed by atoms with Gasteiger partial charge >= 0.3 is 5.91 Å². The molecule has 0 radical (unpaired) electrons. The molecule has 0 aliphatic carbocycles. The maximum Gasteiger partial charge on any atom is 0.327 e. The zero-order chi connectivity index (χ0) is 16.3. The standard InChI is InChI=1S/C16H21N3O3/c1-16(2)18-13(10-8-6-7-9-11(10)22-16)12(14(20)17-18)15(21)19(3,4)5/h6-9,12-13H,1-5H3/p+1. The SMILES string of the molecule is CC1(C)Oc2ccccc2C2C(C(=O)[N+](C)(C)C)C(=O)NN21. The average Bonchev–Trinajstić information content (AvgIpc) is 2.75. The summed E-state index contributed by atoms with van der Waals surface area (Å²) in [5, 5.41) is 1.76. The molecule has 2 unspecified atom stereocenters. The van der Waals surface area contributed by atoms with Crippen molar-refractivity contribution in [1.29, 1.82) is 0 Å². The quantitative estimate of drug-likeness (QED) is 0.622. The fourth-order valence-electron chi connectivity index (χ4n) is 3.14. The lowest BCUT2D eigenvalue weighted by Gasteiger charge is -2.44. The Kier molecular flexibility index (Phi) is 3.09. The number of benzene rings is 1. The number of ether oxygens (including phenoxy) is 1. The summed E-state index contributed by atoms with van der Waals surface area (Å²) in [7, 11) is 5.36. The molecule has 1 aromatic carbocycles. The molecule has 118 valence electrons. The van der Waals surface area contributed by atoms with Gasteiger partial charge in [0, 0.05) is 5.56 Å². The number of hydrogen-bond donors (Lipinski definition) is 1. The summed E-state index contributed by atoms with van der Waals surface area (Å²) in [6.45, 7) is 3.77. The number of quaternary nitrogens is 1. The second kappa shape index (κ2) is 4.54. The number of hydrazine groups is 1. The van der Waals surface area contributed by atoms with E-state index in [1.807, 2.05) is 38.1 Å².